The molecule has 1 aromatic carbocycles. The van der Waals surface area contributed by atoms with Crippen LogP contribution in [0.4, 0.5) is 0 Å². The van der Waals surface area contributed by atoms with Gasteiger partial charge < -0.3 is 10.0 Å². The lowest BCUT2D eigenvalue weighted by molar-refractivity contribution is 0.0696. The first kappa shape index (κ1) is 14.7. The highest BCUT2D eigenvalue weighted by atomic mass is 32.2. The summed E-state index contributed by atoms with van der Waals surface area (Å²) in [5.74, 6) is -1.31. The summed E-state index contributed by atoms with van der Waals surface area (Å²) in [5, 5.41) is 8.98. The van der Waals surface area contributed by atoms with Crippen molar-refractivity contribution < 1.29 is 18.3 Å². The molecule has 1 N–H and O–H groups in total. The van der Waals surface area contributed by atoms with E-state index < -0.39 is 15.8 Å². The van der Waals surface area contributed by atoms with Crippen LogP contribution in [0.1, 0.15) is 15.9 Å². The zero-order valence-corrected chi connectivity index (χ0v) is 11.3. The van der Waals surface area contributed by atoms with Gasteiger partial charge in [0.15, 0.2) is 9.84 Å². The average Bonchev–Trinajstić information content (AvgIpc) is 2.26. The molecule has 6 heteroatoms. The first-order chi connectivity index (χ1) is 8.32. The van der Waals surface area contributed by atoms with E-state index in [1.165, 1.54) is 12.1 Å². The number of benzene rings is 1. The molecule has 1 rings (SSSR count). The smallest absolute Gasteiger partial charge is 0.335 e. The molecular formula is C12H17NO4S. The number of carbonyl (C=O) groups is 1. The van der Waals surface area contributed by atoms with Crippen LogP contribution in [0.5, 0.6) is 0 Å². The van der Waals surface area contributed by atoms with Crippen molar-refractivity contribution in [3.63, 3.8) is 0 Å². The lowest BCUT2D eigenvalue weighted by Gasteiger charge is -2.11. The van der Waals surface area contributed by atoms with Crippen molar-refractivity contribution >= 4 is 15.8 Å². The number of rotatable bonds is 6. The molecule has 18 heavy (non-hydrogen) atoms. The van der Waals surface area contributed by atoms with E-state index in [2.05, 4.69) is 0 Å². The lowest BCUT2D eigenvalue weighted by Crippen LogP contribution is -2.23. The molecule has 0 aromatic heterocycles. The van der Waals surface area contributed by atoms with Crippen LogP contribution in [0, 0.1) is 0 Å². The maximum atomic E-state index is 11.9. The maximum absolute atomic E-state index is 11.9. The van der Waals surface area contributed by atoms with Gasteiger partial charge in [0.25, 0.3) is 0 Å². The molecule has 100 valence electrons. The third-order valence-electron chi connectivity index (χ3n) is 2.47. The second-order valence-electron chi connectivity index (χ2n) is 4.36. The lowest BCUT2D eigenvalue weighted by atomic mass is 10.1. The van der Waals surface area contributed by atoms with Crippen LogP contribution in [0.25, 0.3) is 0 Å². The van der Waals surface area contributed by atoms with Crippen molar-refractivity contribution in [1.29, 1.82) is 0 Å². The first-order valence-corrected chi connectivity index (χ1v) is 7.30. The predicted octanol–water partition coefficient (Wildman–Crippen LogP) is 0.861. The molecule has 0 aliphatic carbocycles. The van der Waals surface area contributed by atoms with Crippen molar-refractivity contribution in [3.8, 4) is 0 Å². The molecule has 0 spiro atoms. The summed E-state index contributed by atoms with van der Waals surface area (Å²) in [6.45, 7) is 0.428. The second kappa shape index (κ2) is 5.97. The monoisotopic (exact) mass is 271 g/mol. The van der Waals surface area contributed by atoms with E-state index in [1.807, 2.05) is 0 Å². The summed E-state index contributed by atoms with van der Waals surface area (Å²) in [5.41, 5.74) is 0.384. The number of carboxylic acid groups (broad SMARTS) is 1. The Hall–Kier alpha value is -1.40. The van der Waals surface area contributed by atoms with Crippen molar-refractivity contribution in [2.45, 2.75) is 5.75 Å². The van der Waals surface area contributed by atoms with Gasteiger partial charge in [-0.2, -0.15) is 0 Å². The molecule has 0 heterocycles. The predicted molar refractivity (Wildman–Crippen MR) is 69.4 cm³/mol. The summed E-state index contributed by atoms with van der Waals surface area (Å²) in [7, 11) is 0.294. The molecule has 0 atom stereocenters. The van der Waals surface area contributed by atoms with E-state index >= 15 is 0 Å². The summed E-state index contributed by atoms with van der Waals surface area (Å²) in [4.78, 5) is 12.7. The van der Waals surface area contributed by atoms with Gasteiger partial charge in [-0.3, -0.25) is 0 Å². The summed E-state index contributed by atoms with van der Waals surface area (Å²) in [6, 6.07) is 6.18. The molecule has 5 nitrogen and oxygen atoms in total. The fourth-order valence-electron chi connectivity index (χ4n) is 1.49. The average molecular weight is 271 g/mol. The molecule has 0 radical (unpaired) electrons. The van der Waals surface area contributed by atoms with E-state index in [0.717, 1.165) is 0 Å². The number of nitrogens with zero attached hydrogens (tertiary/aromatic N) is 1. The van der Waals surface area contributed by atoms with E-state index in [-0.39, 0.29) is 17.1 Å². The molecular weight excluding hydrogens is 254 g/mol. The zero-order valence-electron chi connectivity index (χ0n) is 10.5. The molecule has 0 fully saturated rings. The number of hydrogen-bond acceptors (Lipinski definition) is 4. The molecule has 1 aromatic rings. The van der Waals surface area contributed by atoms with Crippen molar-refractivity contribution in [1.82, 2.24) is 4.90 Å². The first-order valence-electron chi connectivity index (χ1n) is 5.48. The Morgan fingerprint density at radius 2 is 1.89 bits per heavy atom. The molecule has 0 bridgehead atoms. The number of sulfone groups is 1. The van der Waals surface area contributed by atoms with Gasteiger partial charge in [0.05, 0.1) is 17.1 Å². The van der Waals surface area contributed by atoms with Gasteiger partial charge >= 0.3 is 5.97 Å². The van der Waals surface area contributed by atoms with Gasteiger partial charge in [0, 0.05) is 6.54 Å². The molecule has 0 aliphatic rings. The SMILES string of the molecule is CN(C)CCS(=O)(=O)Cc1ccccc1C(=O)O. The number of carboxylic acids is 1. The third-order valence-corrected chi connectivity index (χ3v) is 4.03. The van der Waals surface area contributed by atoms with Crippen molar-refractivity contribution in [2.75, 3.05) is 26.4 Å². The van der Waals surface area contributed by atoms with Gasteiger partial charge in [0.1, 0.15) is 0 Å². The highest BCUT2D eigenvalue weighted by Gasteiger charge is 2.17. The Morgan fingerprint density at radius 3 is 2.44 bits per heavy atom. The standard InChI is InChI=1S/C12H17NO4S/c1-13(2)7-8-18(16,17)9-10-5-3-4-6-11(10)12(14)15/h3-6H,7-9H2,1-2H3,(H,14,15). The van der Waals surface area contributed by atoms with Crippen molar-refractivity contribution in [2.24, 2.45) is 0 Å². The normalized spacial score (nSPS) is 11.7. The largest absolute Gasteiger partial charge is 0.478 e. The molecule has 0 aliphatic heterocycles. The summed E-state index contributed by atoms with van der Waals surface area (Å²) < 4.78 is 23.7. The minimum Gasteiger partial charge on any atom is -0.478 e. The molecule has 0 unspecified atom stereocenters. The van der Waals surface area contributed by atoms with Crippen LogP contribution in [0.2, 0.25) is 0 Å². The Bertz CT molecular complexity index is 523. The van der Waals surface area contributed by atoms with E-state index in [1.54, 1.807) is 31.1 Å². The Labute approximate surface area is 107 Å². The van der Waals surface area contributed by atoms with Gasteiger partial charge in [-0.1, -0.05) is 18.2 Å². The molecule has 0 saturated carbocycles. The topological polar surface area (TPSA) is 74.7 Å². The van der Waals surface area contributed by atoms with Crippen LogP contribution >= 0.6 is 0 Å². The minimum absolute atomic E-state index is 0.0218. The molecule has 0 amide bonds. The highest BCUT2D eigenvalue weighted by molar-refractivity contribution is 7.90. The van der Waals surface area contributed by atoms with E-state index in [4.69, 9.17) is 5.11 Å². The highest BCUT2D eigenvalue weighted by Crippen LogP contribution is 2.13. The van der Waals surface area contributed by atoms with Crippen LogP contribution in [0.15, 0.2) is 24.3 Å². The van der Waals surface area contributed by atoms with E-state index in [9.17, 15) is 13.2 Å². The minimum atomic E-state index is -3.29. The summed E-state index contributed by atoms with van der Waals surface area (Å²) in [6.07, 6.45) is 0. The van der Waals surface area contributed by atoms with Gasteiger partial charge in [-0.25, -0.2) is 13.2 Å². The van der Waals surface area contributed by atoms with Gasteiger partial charge in [0.2, 0.25) is 0 Å². The maximum Gasteiger partial charge on any atom is 0.335 e. The Kier molecular flexibility index (Phi) is 4.86. The van der Waals surface area contributed by atoms with Crippen LogP contribution in [-0.2, 0) is 15.6 Å². The van der Waals surface area contributed by atoms with E-state index in [0.29, 0.717) is 12.1 Å². The fourth-order valence-corrected chi connectivity index (χ4v) is 3.00. The van der Waals surface area contributed by atoms with Crippen molar-refractivity contribution in [3.05, 3.63) is 35.4 Å². The van der Waals surface area contributed by atoms with Gasteiger partial charge in [-0.05, 0) is 25.7 Å². The van der Waals surface area contributed by atoms with Crippen LogP contribution in [-0.4, -0.2) is 50.8 Å². The van der Waals surface area contributed by atoms with Gasteiger partial charge in [-0.15, -0.1) is 0 Å². The molecule has 0 saturated heterocycles. The Morgan fingerprint density at radius 1 is 1.28 bits per heavy atom. The second-order valence-corrected chi connectivity index (χ2v) is 6.54. The quantitative estimate of drug-likeness (QED) is 0.830. The fraction of sp³-hybridized carbons (Fsp3) is 0.417. The van der Waals surface area contributed by atoms with Crippen LogP contribution in [0.3, 0.4) is 0 Å². The number of hydrogen-bond donors (Lipinski definition) is 1. The number of aromatic carboxylic acids is 1. The van der Waals surface area contributed by atoms with Crippen LogP contribution < -0.4 is 0 Å². The third kappa shape index (κ3) is 4.46. The summed E-state index contributed by atoms with van der Waals surface area (Å²) >= 11 is 0. The Balaban J connectivity index is 2.87. The zero-order chi connectivity index (χ0) is 13.8.